The van der Waals surface area contributed by atoms with Crippen molar-refractivity contribution in [2.75, 3.05) is 6.61 Å². The second-order valence-corrected chi connectivity index (χ2v) is 7.74. The Morgan fingerprint density at radius 3 is 1.73 bits per heavy atom. The molecule has 0 aromatic heterocycles. The van der Waals surface area contributed by atoms with Crippen molar-refractivity contribution < 1.29 is 4.74 Å². The van der Waals surface area contributed by atoms with E-state index >= 15 is 0 Å². The minimum absolute atomic E-state index is 0.0989. The normalized spacial score (nSPS) is 13.8. The molecule has 0 bridgehead atoms. The lowest BCUT2D eigenvalue weighted by Crippen LogP contribution is -2.47. The fourth-order valence-corrected chi connectivity index (χ4v) is 3.54. The first-order chi connectivity index (χ1) is 12.4. The Morgan fingerprint density at radius 1 is 0.654 bits per heavy atom. The van der Waals surface area contributed by atoms with E-state index in [-0.39, 0.29) is 10.8 Å². The summed E-state index contributed by atoms with van der Waals surface area (Å²) in [4.78, 5) is 0. The molecule has 3 rings (SSSR count). The Bertz CT molecular complexity index is 836. The van der Waals surface area contributed by atoms with E-state index in [2.05, 4.69) is 100 Å². The predicted molar refractivity (Wildman–Crippen MR) is 110 cm³/mol. The van der Waals surface area contributed by atoms with Crippen LogP contribution in [0.25, 0.3) is 0 Å². The number of hydrogen-bond acceptors (Lipinski definition) is 1. The van der Waals surface area contributed by atoms with Gasteiger partial charge in [-0.25, -0.2) is 0 Å². The Balaban J connectivity index is 2.02. The van der Waals surface area contributed by atoms with Crippen LogP contribution in [0.5, 0.6) is 5.75 Å². The van der Waals surface area contributed by atoms with E-state index in [1.807, 2.05) is 12.1 Å². The zero-order chi connectivity index (χ0) is 18.6. The van der Waals surface area contributed by atoms with Gasteiger partial charge >= 0.3 is 0 Å². The molecule has 0 amide bonds. The molecule has 0 aliphatic heterocycles. The van der Waals surface area contributed by atoms with Gasteiger partial charge in [0.15, 0.2) is 0 Å². The molecule has 0 heterocycles. The molecule has 0 aliphatic carbocycles. The Labute approximate surface area is 157 Å². The maximum atomic E-state index is 6.36. The van der Waals surface area contributed by atoms with Crippen LogP contribution in [0.2, 0.25) is 0 Å². The molecular formula is C25H28O. The zero-order valence-electron chi connectivity index (χ0n) is 16.2. The molecule has 3 aromatic carbocycles. The monoisotopic (exact) mass is 344 g/mol. The van der Waals surface area contributed by atoms with E-state index < -0.39 is 0 Å². The molecule has 0 aliphatic rings. The summed E-state index contributed by atoms with van der Waals surface area (Å²) >= 11 is 0. The minimum Gasteiger partial charge on any atom is -0.492 e. The first-order valence-electron chi connectivity index (χ1n) is 9.25. The highest BCUT2D eigenvalue weighted by molar-refractivity contribution is 5.38. The topological polar surface area (TPSA) is 9.23 Å². The van der Waals surface area contributed by atoms with E-state index in [9.17, 15) is 0 Å². The van der Waals surface area contributed by atoms with Gasteiger partial charge in [0.25, 0.3) is 0 Å². The van der Waals surface area contributed by atoms with Gasteiger partial charge in [-0.2, -0.15) is 0 Å². The van der Waals surface area contributed by atoms with E-state index in [1.165, 1.54) is 16.7 Å². The molecular weight excluding hydrogens is 316 g/mol. The van der Waals surface area contributed by atoms with Crippen LogP contribution in [-0.4, -0.2) is 6.61 Å². The average Bonchev–Trinajstić information content (AvgIpc) is 2.68. The highest BCUT2D eigenvalue weighted by Crippen LogP contribution is 2.44. The number of hydrogen-bond donors (Lipinski definition) is 0. The van der Waals surface area contributed by atoms with Crippen molar-refractivity contribution in [3.63, 3.8) is 0 Å². The first kappa shape index (κ1) is 18.3. The van der Waals surface area contributed by atoms with Gasteiger partial charge in [-0.05, 0) is 29.7 Å². The standard InChI is InChI=1S/C25H28O/c1-20-13-11-12-18-23(20)26-19-25(4,22-16-9-6-10-17-22)24(2,3)21-14-7-5-8-15-21/h5-18H,19H2,1-4H3. The third-order valence-electron chi connectivity index (χ3n) is 5.90. The van der Waals surface area contributed by atoms with E-state index in [4.69, 9.17) is 4.74 Å². The van der Waals surface area contributed by atoms with Crippen molar-refractivity contribution in [3.05, 3.63) is 102 Å². The predicted octanol–water partition coefficient (Wildman–Crippen LogP) is 6.31. The third kappa shape index (κ3) is 3.39. The summed E-state index contributed by atoms with van der Waals surface area (Å²) in [5, 5.41) is 0. The lowest BCUT2D eigenvalue weighted by Gasteiger charge is -2.45. The lowest BCUT2D eigenvalue weighted by atomic mass is 9.60. The van der Waals surface area contributed by atoms with Gasteiger partial charge in [0, 0.05) is 10.8 Å². The van der Waals surface area contributed by atoms with Crippen LogP contribution in [0.3, 0.4) is 0 Å². The molecule has 1 unspecified atom stereocenters. The highest BCUT2D eigenvalue weighted by Gasteiger charge is 2.44. The molecule has 3 aromatic rings. The van der Waals surface area contributed by atoms with Gasteiger partial charge in [-0.3, -0.25) is 0 Å². The first-order valence-corrected chi connectivity index (χ1v) is 9.25. The fraction of sp³-hybridized carbons (Fsp3) is 0.280. The van der Waals surface area contributed by atoms with Gasteiger partial charge < -0.3 is 4.74 Å². The summed E-state index contributed by atoms with van der Waals surface area (Å²) in [5.74, 6) is 0.957. The van der Waals surface area contributed by atoms with Crippen LogP contribution in [0.1, 0.15) is 37.5 Å². The molecule has 0 spiro atoms. The van der Waals surface area contributed by atoms with Crippen molar-refractivity contribution in [2.24, 2.45) is 0 Å². The molecule has 0 radical (unpaired) electrons. The summed E-state index contributed by atoms with van der Waals surface area (Å²) in [6.45, 7) is 9.65. The molecule has 0 saturated heterocycles. The maximum Gasteiger partial charge on any atom is 0.122 e. The summed E-state index contributed by atoms with van der Waals surface area (Å²) in [7, 11) is 0. The number of aryl methyl sites for hydroxylation is 1. The summed E-state index contributed by atoms with van der Waals surface area (Å²) in [6.07, 6.45) is 0. The van der Waals surface area contributed by atoms with Crippen LogP contribution >= 0.6 is 0 Å². The Kier molecular flexibility index (Phi) is 5.18. The molecule has 1 heteroatoms. The average molecular weight is 344 g/mol. The number of benzene rings is 3. The third-order valence-corrected chi connectivity index (χ3v) is 5.90. The van der Waals surface area contributed by atoms with Gasteiger partial charge in [-0.15, -0.1) is 0 Å². The van der Waals surface area contributed by atoms with Gasteiger partial charge in [0.1, 0.15) is 5.75 Å². The van der Waals surface area contributed by atoms with E-state index in [1.54, 1.807) is 0 Å². The smallest absolute Gasteiger partial charge is 0.122 e. The maximum absolute atomic E-state index is 6.36. The minimum atomic E-state index is -0.183. The Hall–Kier alpha value is -2.54. The van der Waals surface area contributed by atoms with Gasteiger partial charge in [0.2, 0.25) is 0 Å². The molecule has 0 saturated carbocycles. The summed E-state index contributed by atoms with van der Waals surface area (Å²) < 4.78 is 6.36. The van der Waals surface area contributed by atoms with Crippen molar-refractivity contribution >= 4 is 0 Å². The zero-order valence-corrected chi connectivity index (χ0v) is 16.2. The van der Waals surface area contributed by atoms with Crippen LogP contribution in [0.4, 0.5) is 0 Å². The largest absolute Gasteiger partial charge is 0.492 e. The molecule has 134 valence electrons. The van der Waals surface area contributed by atoms with Crippen molar-refractivity contribution in [2.45, 2.75) is 38.5 Å². The summed E-state index contributed by atoms with van der Waals surface area (Å²) in [6, 6.07) is 29.7. The number of para-hydroxylation sites is 1. The Morgan fingerprint density at radius 2 is 1.15 bits per heavy atom. The highest BCUT2D eigenvalue weighted by atomic mass is 16.5. The van der Waals surface area contributed by atoms with E-state index in [0.29, 0.717) is 6.61 Å². The second kappa shape index (κ2) is 7.37. The molecule has 26 heavy (non-hydrogen) atoms. The van der Waals surface area contributed by atoms with Crippen molar-refractivity contribution in [1.29, 1.82) is 0 Å². The quantitative estimate of drug-likeness (QED) is 0.509. The molecule has 1 atom stereocenters. The van der Waals surface area contributed by atoms with Gasteiger partial charge in [-0.1, -0.05) is 99.6 Å². The van der Waals surface area contributed by atoms with Crippen LogP contribution < -0.4 is 4.74 Å². The van der Waals surface area contributed by atoms with Crippen LogP contribution in [0.15, 0.2) is 84.9 Å². The second-order valence-electron chi connectivity index (χ2n) is 7.74. The molecule has 0 fully saturated rings. The number of rotatable bonds is 6. The van der Waals surface area contributed by atoms with Crippen molar-refractivity contribution in [1.82, 2.24) is 0 Å². The van der Waals surface area contributed by atoms with Crippen LogP contribution in [0, 0.1) is 6.92 Å². The van der Waals surface area contributed by atoms with Gasteiger partial charge in [0.05, 0.1) is 6.61 Å². The SMILES string of the molecule is Cc1ccccc1OCC(C)(c1ccccc1)C(C)(C)c1ccccc1. The van der Waals surface area contributed by atoms with Crippen LogP contribution in [-0.2, 0) is 10.8 Å². The molecule has 0 N–H and O–H groups in total. The molecule has 1 nitrogen and oxygen atoms in total. The van der Waals surface area contributed by atoms with Crippen molar-refractivity contribution in [3.8, 4) is 5.75 Å². The lowest BCUT2D eigenvalue weighted by molar-refractivity contribution is 0.157. The van der Waals surface area contributed by atoms with E-state index in [0.717, 1.165) is 5.75 Å². The fourth-order valence-electron chi connectivity index (χ4n) is 3.54. The number of ether oxygens (including phenoxy) is 1. The summed E-state index contributed by atoms with van der Waals surface area (Å²) in [5.41, 5.74) is 3.50.